The van der Waals surface area contributed by atoms with E-state index >= 15 is 0 Å². The lowest BCUT2D eigenvalue weighted by Gasteiger charge is -2.10. The largest absolute Gasteiger partial charge is 0.419 e. The minimum atomic E-state index is -4.86. The average Bonchev–Trinajstić information content (AvgIpc) is 2.39. The molecule has 2 rings (SSSR count). The molecule has 0 radical (unpaired) electrons. The predicted molar refractivity (Wildman–Crippen MR) is 65.8 cm³/mol. The summed E-state index contributed by atoms with van der Waals surface area (Å²) in [5.74, 6) is -2.25. The van der Waals surface area contributed by atoms with E-state index in [2.05, 4.69) is 15.3 Å². The van der Waals surface area contributed by atoms with E-state index in [0.29, 0.717) is 12.1 Å². The summed E-state index contributed by atoms with van der Waals surface area (Å²) < 4.78 is 50.8. The maximum atomic E-state index is 13.1. The Hall–Kier alpha value is -2.71. The molecule has 110 valence electrons. The van der Waals surface area contributed by atoms with E-state index in [-0.39, 0.29) is 17.2 Å². The van der Waals surface area contributed by atoms with Gasteiger partial charge in [0.05, 0.1) is 18.0 Å². The molecule has 9 heteroatoms. The molecule has 0 unspecified atom stereocenters. The van der Waals surface area contributed by atoms with E-state index in [4.69, 9.17) is 5.73 Å². The maximum absolute atomic E-state index is 13.1. The second-order valence-corrected chi connectivity index (χ2v) is 3.98. The first-order valence-electron chi connectivity index (χ1n) is 5.53. The normalized spacial score (nSPS) is 11.2. The van der Waals surface area contributed by atoms with Gasteiger partial charge in [0.1, 0.15) is 17.3 Å². The molecule has 3 N–H and O–H groups in total. The molecule has 5 nitrogen and oxygen atoms in total. The summed E-state index contributed by atoms with van der Waals surface area (Å²) in [6, 6.07) is 2.11. The lowest BCUT2D eigenvalue weighted by molar-refractivity contribution is -0.139. The Kier molecular flexibility index (Phi) is 3.74. The lowest BCUT2D eigenvalue weighted by atomic mass is 10.1. The number of hydrogen-bond acceptors (Lipinski definition) is 4. The molecule has 1 aromatic heterocycles. The van der Waals surface area contributed by atoms with Gasteiger partial charge in [0.15, 0.2) is 0 Å². The maximum Gasteiger partial charge on any atom is 0.419 e. The van der Waals surface area contributed by atoms with Crippen molar-refractivity contribution in [2.24, 2.45) is 0 Å². The topological polar surface area (TPSA) is 80.9 Å². The van der Waals surface area contributed by atoms with Gasteiger partial charge in [-0.1, -0.05) is 0 Å². The van der Waals surface area contributed by atoms with Crippen molar-refractivity contribution >= 4 is 17.4 Å². The fourth-order valence-corrected chi connectivity index (χ4v) is 1.51. The number of carbonyl (C=O) groups excluding carboxylic acids is 1. The third-order valence-corrected chi connectivity index (χ3v) is 2.42. The van der Waals surface area contributed by atoms with Crippen LogP contribution in [0.15, 0.2) is 30.6 Å². The van der Waals surface area contributed by atoms with Gasteiger partial charge >= 0.3 is 6.18 Å². The molecule has 0 bridgehead atoms. The Labute approximate surface area is 115 Å². The number of nitrogen functional groups attached to an aromatic ring is 1. The minimum Gasteiger partial charge on any atom is -0.382 e. The van der Waals surface area contributed by atoms with Gasteiger partial charge in [-0.3, -0.25) is 9.78 Å². The molecule has 0 aliphatic heterocycles. The Morgan fingerprint density at radius 2 is 1.95 bits per heavy atom. The van der Waals surface area contributed by atoms with Crippen LogP contribution in [-0.4, -0.2) is 15.9 Å². The molecule has 2 aromatic rings. The summed E-state index contributed by atoms with van der Waals surface area (Å²) in [6.07, 6.45) is -2.56. The van der Waals surface area contributed by atoms with E-state index in [9.17, 15) is 22.4 Å². The van der Waals surface area contributed by atoms with Crippen molar-refractivity contribution in [2.75, 3.05) is 11.1 Å². The number of nitrogens with zero attached hydrogens (tertiary/aromatic N) is 2. The van der Waals surface area contributed by atoms with Crippen LogP contribution in [0.3, 0.4) is 0 Å². The summed E-state index contributed by atoms with van der Waals surface area (Å²) in [4.78, 5) is 19.1. The number of rotatable bonds is 2. The molecule has 21 heavy (non-hydrogen) atoms. The highest BCUT2D eigenvalue weighted by Crippen LogP contribution is 2.33. The van der Waals surface area contributed by atoms with Crippen molar-refractivity contribution in [1.29, 1.82) is 0 Å². The molecule has 1 heterocycles. The summed E-state index contributed by atoms with van der Waals surface area (Å²) in [6.45, 7) is 0. The summed E-state index contributed by atoms with van der Waals surface area (Å²) in [7, 11) is 0. The van der Waals surface area contributed by atoms with Gasteiger partial charge < -0.3 is 11.1 Å². The second kappa shape index (κ2) is 5.35. The molecule has 0 saturated carbocycles. The summed E-state index contributed by atoms with van der Waals surface area (Å²) in [5, 5.41) is 2.16. The number of alkyl halides is 3. The SMILES string of the molecule is Nc1cncc(C(=O)Nc2ccc(F)c(C(F)(F)F)c2)n1. The van der Waals surface area contributed by atoms with E-state index in [1.807, 2.05) is 0 Å². The molecular formula is C12H8F4N4O. The Morgan fingerprint density at radius 1 is 1.24 bits per heavy atom. The van der Waals surface area contributed by atoms with Gasteiger partial charge in [0, 0.05) is 5.69 Å². The fourth-order valence-electron chi connectivity index (χ4n) is 1.51. The third kappa shape index (κ3) is 3.44. The number of anilines is 2. The monoisotopic (exact) mass is 300 g/mol. The number of benzene rings is 1. The second-order valence-electron chi connectivity index (χ2n) is 3.98. The lowest BCUT2D eigenvalue weighted by Crippen LogP contribution is -2.16. The first-order chi connectivity index (χ1) is 9.77. The number of carbonyl (C=O) groups is 1. The minimum absolute atomic E-state index is 0.0160. The smallest absolute Gasteiger partial charge is 0.382 e. The highest BCUT2D eigenvalue weighted by atomic mass is 19.4. The van der Waals surface area contributed by atoms with Gasteiger partial charge in [-0.2, -0.15) is 13.2 Å². The number of hydrogen-bond donors (Lipinski definition) is 2. The van der Waals surface area contributed by atoms with Gasteiger partial charge in [0.2, 0.25) is 0 Å². The van der Waals surface area contributed by atoms with Crippen LogP contribution in [0.4, 0.5) is 29.1 Å². The Morgan fingerprint density at radius 3 is 2.57 bits per heavy atom. The van der Waals surface area contributed by atoms with Crippen LogP contribution in [0.2, 0.25) is 0 Å². The molecule has 0 saturated heterocycles. The highest BCUT2D eigenvalue weighted by molar-refractivity contribution is 6.02. The van der Waals surface area contributed by atoms with E-state index in [1.54, 1.807) is 0 Å². The van der Waals surface area contributed by atoms with Crippen LogP contribution >= 0.6 is 0 Å². The average molecular weight is 300 g/mol. The standard InChI is InChI=1S/C12H8F4N4O/c13-8-2-1-6(3-7(8)12(14,15)16)19-11(21)9-4-18-5-10(17)20-9/h1-5H,(H2,17,20)(H,19,21). The number of halogens is 4. The van der Waals surface area contributed by atoms with Crippen molar-refractivity contribution in [2.45, 2.75) is 6.18 Å². The zero-order valence-corrected chi connectivity index (χ0v) is 10.3. The van der Waals surface area contributed by atoms with Crippen LogP contribution in [0.5, 0.6) is 0 Å². The van der Waals surface area contributed by atoms with Gasteiger partial charge in [-0.25, -0.2) is 9.37 Å². The van der Waals surface area contributed by atoms with E-state index in [0.717, 1.165) is 12.3 Å². The molecule has 0 spiro atoms. The third-order valence-electron chi connectivity index (χ3n) is 2.42. The Balaban J connectivity index is 2.26. The van der Waals surface area contributed by atoms with Crippen molar-refractivity contribution in [3.8, 4) is 0 Å². The van der Waals surface area contributed by atoms with Crippen LogP contribution < -0.4 is 11.1 Å². The molecule has 0 atom stereocenters. The number of amides is 1. The fraction of sp³-hybridized carbons (Fsp3) is 0.0833. The number of nitrogens with two attached hydrogens (primary N) is 1. The highest BCUT2D eigenvalue weighted by Gasteiger charge is 2.34. The van der Waals surface area contributed by atoms with Crippen molar-refractivity contribution in [3.63, 3.8) is 0 Å². The van der Waals surface area contributed by atoms with Gasteiger partial charge in [-0.05, 0) is 18.2 Å². The zero-order valence-electron chi connectivity index (χ0n) is 10.3. The van der Waals surface area contributed by atoms with E-state index < -0.39 is 23.5 Å². The van der Waals surface area contributed by atoms with Crippen molar-refractivity contribution in [3.05, 3.63) is 47.7 Å². The molecule has 1 aromatic carbocycles. The molecule has 0 aliphatic carbocycles. The zero-order chi connectivity index (χ0) is 15.6. The first-order valence-corrected chi connectivity index (χ1v) is 5.53. The van der Waals surface area contributed by atoms with Crippen molar-refractivity contribution < 1.29 is 22.4 Å². The molecular weight excluding hydrogens is 292 g/mol. The quantitative estimate of drug-likeness (QED) is 0.835. The van der Waals surface area contributed by atoms with Crippen molar-refractivity contribution in [1.82, 2.24) is 9.97 Å². The van der Waals surface area contributed by atoms with E-state index in [1.165, 1.54) is 6.20 Å². The van der Waals surface area contributed by atoms with Crippen LogP contribution in [-0.2, 0) is 6.18 Å². The summed E-state index contributed by atoms with van der Waals surface area (Å²) in [5.41, 5.74) is 3.47. The first kappa shape index (κ1) is 14.7. The molecule has 1 amide bonds. The predicted octanol–water partition coefficient (Wildman–Crippen LogP) is 2.47. The van der Waals surface area contributed by atoms with Crippen LogP contribution in [0, 0.1) is 5.82 Å². The number of nitrogens with one attached hydrogen (secondary N) is 1. The van der Waals surface area contributed by atoms with Gasteiger partial charge in [-0.15, -0.1) is 0 Å². The molecule has 0 fully saturated rings. The van der Waals surface area contributed by atoms with Crippen LogP contribution in [0.1, 0.15) is 16.1 Å². The molecule has 0 aliphatic rings. The number of aromatic nitrogens is 2. The van der Waals surface area contributed by atoms with Crippen LogP contribution in [0.25, 0.3) is 0 Å². The van der Waals surface area contributed by atoms with Gasteiger partial charge in [0.25, 0.3) is 5.91 Å². The summed E-state index contributed by atoms with van der Waals surface area (Å²) >= 11 is 0. The Bertz CT molecular complexity index is 687.